The van der Waals surface area contributed by atoms with Gasteiger partial charge in [0.2, 0.25) is 0 Å². The molecule has 2 aliphatic heterocycles. The number of pyridine rings is 1. The van der Waals surface area contributed by atoms with E-state index in [1.807, 2.05) is 18.2 Å². The molecule has 0 bridgehead atoms. The van der Waals surface area contributed by atoms with Gasteiger partial charge in [-0.25, -0.2) is 4.79 Å². The van der Waals surface area contributed by atoms with Crippen molar-refractivity contribution in [2.24, 2.45) is 11.8 Å². The van der Waals surface area contributed by atoms with E-state index < -0.39 is 5.54 Å². The number of hydrogen-bond donors (Lipinski definition) is 2. The minimum Gasteiger partial charge on any atom is -0.318 e. The highest BCUT2D eigenvalue weighted by Gasteiger charge is 2.58. The van der Waals surface area contributed by atoms with Crippen LogP contribution in [0.2, 0.25) is 0 Å². The van der Waals surface area contributed by atoms with Gasteiger partial charge in [-0.2, -0.15) is 0 Å². The Kier molecular flexibility index (Phi) is 3.56. The van der Waals surface area contributed by atoms with Crippen molar-refractivity contribution in [1.82, 2.24) is 20.5 Å². The van der Waals surface area contributed by atoms with E-state index in [1.54, 1.807) is 6.20 Å². The van der Waals surface area contributed by atoms with Gasteiger partial charge in [0.25, 0.3) is 5.91 Å². The molecular formula is C17H22N4O2. The molecule has 0 spiro atoms. The Labute approximate surface area is 135 Å². The smallest absolute Gasteiger partial charge is 0.318 e. The number of aromatic nitrogens is 1. The average molecular weight is 314 g/mol. The van der Waals surface area contributed by atoms with Gasteiger partial charge in [-0.15, -0.1) is 0 Å². The summed E-state index contributed by atoms with van der Waals surface area (Å²) in [5, 5.41) is 6.36. The van der Waals surface area contributed by atoms with E-state index in [0.29, 0.717) is 18.2 Å². The molecule has 1 saturated carbocycles. The van der Waals surface area contributed by atoms with Crippen molar-refractivity contribution in [3.63, 3.8) is 0 Å². The maximum Gasteiger partial charge on any atom is 0.325 e. The van der Waals surface area contributed by atoms with Crippen molar-refractivity contribution in [2.45, 2.75) is 31.2 Å². The van der Waals surface area contributed by atoms with Gasteiger partial charge in [0.05, 0.1) is 5.69 Å². The number of piperidine rings is 1. The highest BCUT2D eigenvalue weighted by molar-refractivity contribution is 6.07. The Hall–Kier alpha value is -1.95. The highest BCUT2D eigenvalue weighted by atomic mass is 16.2. The molecule has 3 aliphatic rings. The van der Waals surface area contributed by atoms with Gasteiger partial charge < -0.3 is 10.6 Å². The molecule has 2 saturated heterocycles. The van der Waals surface area contributed by atoms with Crippen molar-refractivity contribution in [3.05, 3.63) is 30.1 Å². The lowest BCUT2D eigenvalue weighted by Crippen LogP contribution is -2.53. The van der Waals surface area contributed by atoms with Crippen LogP contribution < -0.4 is 10.6 Å². The summed E-state index contributed by atoms with van der Waals surface area (Å²) in [6, 6.07) is 5.32. The van der Waals surface area contributed by atoms with Crippen LogP contribution in [0.1, 0.15) is 31.4 Å². The zero-order valence-electron chi connectivity index (χ0n) is 13.1. The molecule has 4 rings (SSSR count). The summed E-state index contributed by atoms with van der Waals surface area (Å²) in [6.07, 6.45) is 5.64. The quantitative estimate of drug-likeness (QED) is 0.820. The van der Waals surface area contributed by atoms with Gasteiger partial charge in [-0.05, 0) is 62.7 Å². The highest BCUT2D eigenvalue weighted by Crippen LogP contribution is 2.41. The number of carbonyl (C=O) groups excluding carboxylic acids is 2. The second kappa shape index (κ2) is 5.60. The molecule has 3 heterocycles. The number of urea groups is 1. The molecule has 1 aromatic heterocycles. The number of carbonyl (C=O) groups is 2. The Morgan fingerprint density at radius 2 is 1.96 bits per heavy atom. The van der Waals surface area contributed by atoms with Crippen LogP contribution in [-0.4, -0.2) is 41.5 Å². The first-order valence-corrected chi connectivity index (χ1v) is 8.48. The summed E-state index contributed by atoms with van der Waals surface area (Å²) in [6.45, 7) is 2.28. The van der Waals surface area contributed by atoms with E-state index in [9.17, 15) is 9.59 Å². The zero-order valence-corrected chi connectivity index (χ0v) is 13.1. The number of imide groups is 1. The number of rotatable bonds is 4. The molecule has 0 radical (unpaired) electrons. The molecule has 122 valence electrons. The molecule has 23 heavy (non-hydrogen) atoms. The minimum atomic E-state index is -0.991. The Balaban J connectivity index is 1.73. The van der Waals surface area contributed by atoms with Crippen LogP contribution in [0.15, 0.2) is 24.4 Å². The molecule has 2 N–H and O–H groups in total. The van der Waals surface area contributed by atoms with Gasteiger partial charge in [0.1, 0.15) is 0 Å². The van der Waals surface area contributed by atoms with Gasteiger partial charge in [-0.1, -0.05) is 6.07 Å². The van der Waals surface area contributed by atoms with Gasteiger partial charge in [0.15, 0.2) is 5.54 Å². The van der Waals surface area contributed by atoms with Crippen molar-refractivity contribution in [2.75, 3.05) is 19.6 Å². The molecule has 6 nitrogen and oxygen atoms in total. The molecule has 3 fully saturated rings. The Morgan fingerprint density at radius 3 is 2.61 bits per heavy atom. The lowest BCUT2D eigenvalue weighted by molar-refractivity contribution is -0.134. The normalized spacial score (nSPS) is 29.0. The van der Waals surface area contributed by atoms with Crippen LogP contribution in [0.4, 0.5) is 4.79 Å². The number of amides is 3. The van der Waals surface area contributed by atoms with Gasteiger partial charge in [0, 0.05) is 12.7 Å². The predicted molar refractivity (Wildman–Crippen MR) is 84.5 cm³/mol. The van der Waals surface area contributed by atoms with Crippen LogP contribution >= 0.6 is 0 Å². The fraction of sp³-hybridized carbons (Fsp3) is 0.588. The summed E-state index contributed by atoms with van der Waals surface area (Å²) in [7, 11) is 0. The topological polar surface area (TPSA) is 74.3 Å². The molecule has 3 amide bonds. The largest absolute Gasteiger partial charge is 0.325 e. The van der Waals surface area contributed by atoms with Gasteiger partial charge >= 0.3 is 6.03 Å². The van der Waals surface area contributed by atoms with E-state index in [0.717, 1.165) is 38.8 Å². The number of nitrogens with zero attached hydrogens (tertiary/aromatic N) is 2. The first-order valence-electron chi connectivity index (χ1n) is 8.48. The first kappa shape index (κ1) is 14.6. The third kappa shape index (κ3) is 2.41. The zero-order chi connectivity index (χ0) is 15.9. The van der Waals surface area contributed by atoms with E-state index in [1.165, 1.54) is 4.90 Å². The monoisotopic (exact) mass is 314 g/mol. The van der Waals surface area contributed by atoms with Crippen LogP contribution in [-0.2, 0) is 10.3 Å². The lowest BCUT2D eigenvalue weighted by Gasteiger charge is -2.37. The second-order valence-electron chi connectivity index (χ2n) is 6.84. The average Bonchev–Trinajstić information content (AvgIpc) is 3.38. The molecule has 1 unspecified atom stereocenters. The predicted octanol–water partition coefficient (Wildman–Crippen LogP) is 1.24. The Bertz CT molecular complexity index is 610. The summed E-state index contributed by atoms with van der Waals surface area (Å²) in [5.41, 5.74) is -0.321. The second-order valence-corrected chi connectivity index (χ2v) is 6.84. The summed E-state index contributed by atoms with van der Waals surface area (Å²) in [4.78, 5) is 31.7. The fourth-order valence-corrected chi connectivity index (χ4v) is 3.83. The van der Waals surface area contributed by atoms with E-state index in [-0.39, 0.29) is 17.9 Å². The van der Waals surface area contributed by atoms with Crippen molar-refractivity contribution >= 4 is 11.9 Å². The Morgan fingerprint density at radius 1 is 1.17 bits per heavy atom. The van der Waals surface area contributed by atoms with E-state index >= 15 is 0 Å². The third-order valence-electron chi connectivity index (χ3n) is 5.29. The van der Waals surface area contributed by atoms with E-state index in [2.05, 4.69) is 15.6 Å². The molecule has 6 heteroatoms. The maximum absolute atomic E-state index is 13.3. The first-order chi connectivity index (χ1) is 11.2. The molecule has 0 aromatic carbocycles. The third-order valence-corrected chi connectivity index (χ3v) is 5.29. The van der Waals surface area contributed by atoms with Crippen LogP contribution in [0.3, 0.4) is 0 Å². The molecule has 1 aliphatic carbocycles. The van der Waals surface area contributed by atoms with Crippen LogP contribution in [0.25, 0.3) is 0 Å². The SMILES string of the molecule is O=C1NC(c2ccccn2)(C2CCNCC2)C(=O)N1CC1CC1. The van der Waals surface area contributed by atoms with E-state index in [4.69, 9.17) is 0 Å². The van der Waals surface area contributed by atoms with Crippen molar-refractivity contribution in [3.8, 4) is 0 Å². The van der Waals surface area contributed by atoms with Crippen LogP contribution in [0.5, 0.6) is 0 Å². The number of hydrogen-bond acceptors (Lipinski definition) is 4. The maximum atomic E-state index is 13.3. The lowest BCUT2D eigenvalue weighted by atomic mass is 9.75. The van der Waals surface area contributed by atoms with Crippen molar-refractivity contribution < 1.29 is 9.59 Å². The molecular weight excluding hydrogens is 292 g/mol. The summed E-state index contributed by atoms with van der Waals surface area (Å²) >= 11 is 0. The minimum absolute atomic E-state index is 0.0827. The van der Waals surface area contributed by atoms with Gasteiger partial charge in [-0.3, -0.25) is 14.7 Å². The number of nitrogens with one attached hydrogen (secondary N) is 2. The molecule has 1 aromatic rings. The summed E-state index contributed by atoms with van der Waals surface area (Å²) in [5.74, 6) is 0.455. The van der Waals surface area contributed by atoms with Crippen LogP contribution in [0, 0.1) is 11.8 Å². The fourth-order valence-electron chi connectivity index (χ4n) is 3.83. The summed E-state index contributed by atoms with van der Waals surface area (Å²) < 4.78 is 0. The standard InChI is InChI=1S/C17H22N4O2/c22-15-17(13-6-9-18-10-7-13,14-3-1-2-8-19-14)20-16(23)21(15)11-12-4-5-12/h1-3,8,12-13,18H,4-7,9-11H2,(H,20,23). The molecule has 1 atom stereocenters. The van der Waals surface area contributed by atoms with Crippen molar-refractivity contribution in [1.29, 1.82) is 0 Å².